The van der Waals surface area contributed by atoms with E-state index in [1.165, 1.54) is 0 Å². The van der Waals surface area contributed by atoms with Gasteiger partial charge in [0.25, 0.3) is 0 Å². The summed E-state index contributed by atoms with van der Waals surface area (Å²) in [6.07, 6.45) is 28.6. The SMILES string of the molecule is CC/C=C\C/C=C/C/C=C/C/C=C/C/C=C/C/C=C/CCC(=O)OC[C@H](O)[C@H]1OC(=O)C(O)=C1O. The first kappa shape index (κ1) is 29.7. The molecule has 0 spiro atoms. The van der Waals surface area contributed by atoms with Gasteiger partial charge in [0.05, 0.1) is 0 Å². The zero-order chi connectivity index (χ0) is 25.7. The molecule has 0 fully saturated rings. The number of rotatable bonds is 17. The summed E-state index contributed by atoms with van der Waals surface area (Å²) >= 11 is 0. The van der Waals surface area contributed by atoms with Gasteiger partial charge in [0.2, 0.25) is 5.76 Å². The Labute approximate surface area is 208 Å². The van der Waals surface area contributed by atoms with Gasteiger partial charge < -0.3 is 24.8 Å². The predicted molar refractivity (Wildman–Crippen MR) is 137 cm³/mol. The lowest BCUT2D eigenvalue weighted by atomic mass is 10.2. The number of carbonyl (C=O) groups is 2. The highest BCUT2D eigenvalue weighted by Gasteiger charge is 2.39. The minimum absolute atomic E-state index is 0.131. The molecule has 1 rings (SSSR count). The molecule has 2 atom stereocenters. The molecule has 1 heterocycles. The molecule has 0 bridgehead atoms. The van der Waals surface area contributed by atoms with Crippen molar-refractivity contribution >= 4 is 11.9 Å². The van der Waals surface area contributed by atoms with Crippen LogP contribution in [0.3, 0.4) is 0 Å². The Morgan fingerprint density at radius 3 is 1.74 bits per heavy atom. The summed E-state index contributed by atoms with van der Waals surface area (Å²) < 4.78 is 9.51. The summed E-state index contributed by atoms with van der Waals surface area (Å²) in [6.45, 7) is 1.67. The molecule has 7 heteroatoms. The Hall–Kier alpha value is -3.32. The predicted octanol–water partition coefficient (Wildman–Crippen LogP) is 5.62. The highest BCUT2D eigenvalue weighted by atomic mass is 16.6. The molecule has 1 aliphatic rings. The van der Waals surface area contributed by atoms with Gasteiger partial charge in [-0.1, -0.05) is 79.8 Å². The number of ether oxygens (including phenoxy) is 2. The third kappa shape index (κ3) is 13.9. The number of esters is 2. The van der Waals surface area contributed by atoms with Crippen LogP contribution >= 0.6 is 0 Å². The topological polar surface area (TPSA) is 113 Å². The van der Waals surface area contributed by atoms with E-state index >= 15 is 0 Å². The highest BCUT2D eigenvalue weighted by Crippen LogP contribution is 2.21. The average Bonchev–Trinajstić information content (AvgIpc) is 3.11. The molecule has 0 aliphatic carbocycles. The molecule has 0 saturated heterocycles. The summed E-state index contributed by atoms with van der Waals surface area (Å²) in [4.78, 5) is 22.8. The number of cyclic esters (lactones) is 1. The zero-order valence-corrected chi connectivity index (χ0v) is 20.4. The molecule has 1 aliphatic heterocycles. The molecule has 0 radical (unpaired) electrons. The second-order valence-electron chi connectivity index (χ2n) is 7.76. The van der Waals surface area contributed by atoms with Gasteiger partial charge in [0, 0.05) is 6.42 Å². The van der Waals surface area contributed by atoms with Gasteiger partial charge in [0.1, 0.15) is 12.7 Å². The van der Waals surface area contributed by atoms with Gasteiger partial charge in [0.15, 0.2) is 11.9 Å². The lowest BCUT2D eigenvalue weighted by Gasteiger charge is -2.16. The molecule has 0 aromatic carbocycles. The van der Waals surface area contributed by atoms with E-state index in [9.17, 15) is 24.9 Å². The van der Waals surface area contributed by atoms with Crippen LogP contribution < -0.4 is 0 Å². The van der Waals surface area contributed by atoms with Crippen molar-refractivity contribution < 1.29 is 34.4 Å². The van der Waals surface area contributed by atoms with Crippen molar-refractivity contribution in [1.82, 2.24) is 0 Å². The van der Waals surface area contributed by atoms with E-state index in [4.69, 9.17) is 4.74 Å². The fourth-order valence-corrected chi connectivity index (χ4v) is 2.91. The molecule has 3 N–H and O–H groups in total. The molecule has 7 nitrogen and oxygen atoms in total. The monoisotopic (exact) mass is 486 g/mol. The molecule has 0 aromatic rings. The average molecular weight is 487 g/mol. The fourth-order valence-electron chi connectivity index (χ4n) is 2.91. The molecule has 0 amide bonds. The maximum atomic E-state index is 11.7. The first-order valence-electron chi connectivity index (χ1n) is 12.0. The third-order valence-electron chi connectivity index (χ3n) is 4.82. The van der Waals surface area contributed by atoms with Crippen molar-refractivity contribution in [3.05, 3.63) is 84.4 Å². The fraction of sp³-hybridized carbons (Fsp3) is 0.429. The first-order valence-corrected chi connectivity index (χ1v) is 12.0. The normalized spacial score (nSPS) is 17.9. The standard InChI is InChI=1S/C28H38O7/c1-2-3-4-5-6-7-8-9-10-11-12-13-14-15-16-17-18-19-20-21-24(30)34-22-23(29)27-25(31)26(32)28(33)35-27/h3-4,6-7,9-10,12-13,15-16,18-19,23,27,29,31-32H,2,5,8,11,14,17,20-22H2,1H3/b4-3-,7-6+,10-9+,13-12+,16-15+,19-18+/t23-,27+/m0/s1. The Kier molecular flexibility index (Phi) is 16.2. The Balaban J connectivity index is 2.04. The van der Waals surface area contributed by atoms with Gasteiger partial charge in [-0.15, -0.1) is 0 Å². The lowest BCUT2D eigenvalue weighted by Crippen LogP contribution is -2.33. The zero-order valence-electron chi connectivity index (χ0n) is 20.4. The highest BCUT2D eigenvalue weighted by molar-refractivity contribution is 5.89. The summed E-state index contributed by atoms with van der Waals surface area (Å²) in [7, 11) is 0. The summed E-state index contributed by atoms with van der Waals surface area (Å²) in [5, 5.41) is 28.5. The van der Waals surface area contributed by atoms with Crippen LogP contribution in [0.1, 0.15) is 58.3 Å². The second-order valence-corrected chi connectivity index (χ2v) is 7.76. The Morgan fingerprint density at radius 1 is 0.857 bits per heavy atom. The molecule has 35 heavy (non-hydrogen) atoms. The number of hydrogen-bond donors (Lipinski definition) is 3. The van der Waals surface area contributed by atoms with Crippen LogP contribution in [0, 0.1) is 0 Å². The smallest absolute Gasteiger partial charge is 0.377 e. The molecule has 192 valence electrons. The Morgan fingerprint density at radius 2 is 1.31 bits per heavy atom. The number of carbonyl (C=O) groups excluding carboxylic acids is 2. The Bertz CT molecular complexity index is 843. The van der Waals surface area contributed by atoms with Crippen LogP contribution in [0.4, 0.5) is 0 Å². The number of aliphatic hydroxyl groups excluding tert-OH is 3. The van der Waals surface area contributed by atoms with Gasteiger partial charge in [-0.3, -0.25) is 4.79 Å². The van der Waals surface area contributed by atoms with Crippen molar-refractivity contribution in [2.75, 3.05) is 6.61 Å². The van der Waals surface area contributed by atoms with Crippen molar-refractivity contribution in [1.29, 1.82) is 0 Å². The van der Waals surface area contributed by atoms with Crippen LogP contribution in [0.25, 0.3) is 0 Å². The van der Waals surface area contributed by atoms with E-state index in [1.54, 1.807) is 0 Å². The maximum Gasteiger partial charge on any atom is 0.377 e. The molecule has 0 aromatic heterocycles. The number of aliphatic hydroxyl groups is 3. The van der Waals surface area contributed by atoms with Crippen LogP contribution in [0.5, 0.6) is 0 Å². The van der Waals surface area contributed by atoms with Crippen molar-refractivity contribution in [2.24, 2.45) is 0 Å². The van der Waals surface area contributed by atoms with E-state index in [-0.39, 0.29) is 6.42 Å². The molecular weight excluding hydrogens is 448 g/mol. The van der Waals surface area contributed by atoms with Crippen LogP contribution in [0.15, 0.2) is 84.4 Å². The van der Waals surface area contributed by atoms with Crippen LogP contribution in [0.2, 0.25) is 0 Å². The van der Waals surface area contributed by atoms with Crippen molar-refractivity contribution in [3.63, 3.8) is 0 Å². The van der Waals surface area contributed by atoms with Crippen molar-refractivity contribution in [2.45, 2.75) is 70.5 Å². The summed E-state index contributed by atoms with van der Waals surface area (Å²) in [5.41, 5.74) is 0. The third-order valence-corrected chi connectivity index (χ3v) is 4.82. The van der Waals surface area contributed by atoms with Gasteiger partial charge in [-0.25, -0.2) is 4.79 Å². The van der Waals surface area contributed by atoms with Gasteiger partial charge in [-0.2, -0.15) is 0 Å². The van der Waals surface area contributed by atoms with E-state index in [1.807, 2.05) is 12.2 Å². The second kappa shape index (κ2) is 19.0. The van der Waals surface area contributed by atoms with Crippen molar-refractivity contribution in [3.8, 4) is 0 Å². The van der Waals surface area contributed by atoms with E-state index in [0.29, 0.717) is 6.42 Å². The maximum absolute atomic E-state index is 11.7. The van der Waals surface area contributed by atoms with Gasteiger partial charge in [-0.05, 0) is 44.9 Å². The lowest BCUT2D eigenvalue weighted by molar-refractivity contribution is -0.154. The quantitative estimate of drug-likeness (QED) is 0.181. The minimum Gasteiger partial charge on any atom is -0.505 e. The summed E-state index contributed by atoms with van der Waals surface area (Å²) in [5.74, 6) is -3.37. The van der Waals surface area contributed by atoms with E-state index in [2.05, 4.69) is 72.4 Å². The van der Waals surface area contributed by atoms with Crippen LogP contribution in [-0.2, 0) is 19.1 Å². The molecule has 0 unspecified atom stereocenters. The minimum atomic E-state index is -1.46. The molecular formula is C28H38O7. The summed E-state index contributed by atoms with van der Waals surface area (Å²) in [6, 6.07) is 0. The first-order chi connectivity index (χ1) is 17.0. The van der Waals surface area contributed by atoms with E-state index < -0.39 is 42.3 Å². The largest absolute Gasteiger partial charge is 0.505 e. The number of allylic oxidation sites excluding steroid dienone is 12. The molecule has 0 saturated carbocycles. The van der Waals surface area contributed by atoms with Gasteiger partial charge >= 0.3 is 11.9 Å². The number of hydrogen-bond acceptors (Lipinski definition) is 7. The van der Waals surface area contributed by atoms with E-state index in [0.717, 1.165) is 38.5 Å². The van der Waals surface area contributed by atoms with Crippen LogP contribution in [-0.4, -0.2) is 46.1 Å².